The van der Waals surface area contributed by atoms with E-state index in [1.54, 1.807) is 11.4 Å². The van der Waals surface area contributed by atoms with Crippen molar-refractivity contribution >= 4 is 16.9 Å². The Kier molecular flexibility index (Phi) is 4.19. The van der Waals surface area contributed by atoms with Crippen LogP contribution >= 0.6 is 0 Å². The highest BCUT2D eigenvalue weighted by Crippen LogP contribution is 2.16. The largest absolute Gasteiger partial charge is 0.395 e. The van der Waals surface area contributed by atoms with Crippen molar-refractivity contribution in [2.45, 2.75) is 26.4 Å². The summed E-state index contributed by atoms with van der Waals surface area (Å²) < 4.78 is 6.22. The SMILES string of the molecule is Cc1cn2c3c(=O)n(CCc4ccccc4)c(=O)n(C)c3nc2n1CCO. The number of rotatable bonds is 5. The lowest BCUT2D eigenvalue weighted by atomic mass is 10.1. The van der Waals surface area contributed by atoms with Gasteiger partial charge in [0.1, 0.15) is 0 Å². The molecule has 140 valence electrons. The zero-order valence-electron chi connectivity index (χ0n) is 15.3. The Hall–Kier alpha value is -3.13. The molecule has 0 aliphatic rings. The van der Waals surface area contributed by atoms with Gasteiger partial charge in [-0.2, -0.15) is 4.98 Å². The molecule has 1 N–H and O–H groups in total. The van der Waals surface area contributed by atoms with E-state index in [4.69, 9.17) is 0 Å². The van der Waals surface area contributed by atoms with Crippen LogP contribution in [-0.2, 0) is 26.6 Å². The second-order valence-corrected chi connectivity index (χ2v) is 6.63. The normalized spacial score (nSPS) is 11.7. The Morgan fingerprint density at radius 2 is 1.81 bits per heavy atom. The lowest BCUT2D eigenvalue weighted by Crippen LogP contribution is -2.39. The average molecular weight is 367 g/mol. The van der Waals surface area contributed by atoms with Gasteiger partial charge in [-0.1, -0.05) is 30.3 Å². The Bertz CT molecular complexity index is 1240. The summed E-state index contributed by atoms with van der Waals surface area (Å²) >= 11 is 0. The summed E-state index contributed by atoms with van der Waals surface area (Å²) in [6.45, 7) is 2.54. The molecule has 4 aromatic rings. The number of hydrogen-bond donors (Lipinski definition) is 1. The van der Waals surface area contributed by atoms with Crippen molar-refractivity contribution in [1.29, 1.82) is 0 Å². The summed E-state index contributed by atoms with van der Waals surface area (Å²) in [7, 11) is 1.62. The Labute approximate surface area is 154 Å². The molecule has 0 spiro atoms. The van der Waals surface area contributed by atoms with Gasteiger partial charge in [0.15, 0.2) is 11.2 Å². The third-order valence-electron chi connectivity index (χ3n) is 4.93. The van der Waals surface area contributed by atoms with Crippen molar-refractivity contribution in [2.75, 3.05) is 6.61 Å². The molecule has 3 heterocycles. The van der Waals surface area contributed by atoms with E-state index >= 15 is 0 Å². The maximum atomic E-state index is 13.1. The lowest BCUT2D eigenvalue weighted by Gasteiger charge is -2.08. The van der Waals surface area contributed by atoms with Gasteiger partial charge in [-0.25, -0.2) is 4.79 Å². The van der Waals surface area contributed by atoms with Crippen LogP contribution in [0.5, 0.6) is 0 Å². The van der Waals surface area contributed by atoms with E-state index in [1.807, 2.05) is 48.0 Å². The first kappa shape index (κ1) is 17.3. The Morgan fingerprint density at radius 1 is 1.07 bits per heavy atom. The van der Waals surface area contributed by atoms with Gasteiger partial charge in [-0.3, -0.25) is 18.3 Å². The Morgan fingerprint density at radius 3 is 2.52 bits per heavy atom. The predicted molar refractivity (Wildman–Crippen MR) is 102 cm³/mol. The van der Waals surface area contributed by atoms with Crippen LogP contribution in [0.1, 0.15) is 11.3 Å². The van der Waals surface area contributed by atoms with Crippen molar-refractivity contribution in [3.8, 4) is 0 Å². The van der Waals surface area contributed by atoms with Crippen LogP contribution in [0.4, 0.5) is 0 Å². The molecule has 0 fully saturated rings. The van der Waals surface area contributed by atoms with Gasteiger partial charge < -0.3 is 9.67 Å². The van der Waals surface area contributed by atoms with Crippen LogP contribution in [0, 0.1) is 6.92 Å². The fourth-order valence-electron chi connectivity index (χ4n) is 3.51. The van der Waals surface area contributed by atoms with Crippen molar-refractivity contribution in [3.63, 3.8) is 0 Å². The van der Waals surface area contributed by atoms with Crippen LogP contribution in [-0.4, -0.2) is 34.8 Å². The molecule has 0 saturated carbocycles. The monoisotopic (exact) mass is 367 g/mol. The highest BCUT2D eigenvalue weighted by atomic mass is 16.3. The lowest BCUT2D eigenvalue weighted by molar-refractivity contribution is 0.276. The number of benzene rings is 1. The molecule has 0 atom stereocenters. The topological polar surface area (TPSA) is 86.5 Å². The molecule has 4 rings (SSSR count). The Balaban J connectivity index is 1.90. The van der Waals surface area contributed by atoms with Gasteiger partial charge in [0.05, 0.1) is 6.61 Å². The fraction of sp³-hybridized carbons (Fsp3) is 0.316. The minimum atomic E-state index is -0.380. The smallest absolute Gasteiger partial charge is 0.332 e. The molecule has 0 aliphatic heterocycles. The molecular weight excluding hydrogens is 346 g/mol. The highest BCUT2D eigenvalue weighted by molar-refractivity contribution is 5.75. The summed E-state index contributed by atoms with van der Waals surface area (Å²) in [5, 5.41) is 9.29. The summed E-state index contributed by atoms with van der Waals surface area (Å²) in [6.07, 6.45) is 2.40. The van der Waals surface area contributed by atoms with Gasteiger partial charge in [-0.05, 0) is 18.9 Å². The van der Waals surface area contributed by atoms with Gasteiger partial charge in [0.25, 0.3) is 5.56 Å². The van der Waals surface area contributed by atoms with Gasteiger partial charge in [0.2, 0.25) is 5.78 Å². The molecule has 3 aromatic heterocycles. The number of hydrogen-bond acceptors (Lipinski definition) is 4. The maximum absolute atomic E-state index is 13.1. The van der Waals surface area contributed by atoms with Crippen LogP contribution in [0.3, 0.4) is 0 Å². The summed E-state index contributed by atoms with van der Waals surface area (Å²) in [6, 6.07) is 9.76. The molecule has 0 aliphatic carbocycles. The van der Waals surface area contributed by atoms with E-state index in [-0.39, 0.29) is 17.9 Å². The van der Waals surface area contributed by atoms with E-state index in [0.717, 1.165) is 11.3 Å². The van der Waals surface area contributed by atoms with E-state index < -0.39 is 0 Å². The van der Waals surface area contributed by atoms with Crippen molar-refractivity contribution in [3.05, 3.63) is 68.6 Å². The second kappa shape index (κ2) is 6.55. The fourth-order valence-corrected chi connectivity index (χ4v) is 3.51. The molecule has 27 heavy (non-hydrogen) atoms. The zero-order chi connectivity index (χ0) is 19.1. The predicted octanol–water partition coefficient (Wildman–Crippen LogP) is 0.693. The summed E-state index contributed by atoms with van der Waals surface area (Å²) in [5.41, 5.74) is 1.95. The van der Waals surface area contributed by atoms with E-state index in [9.17, 15) is 14.7 Å². The van der Waals surface area contributed by atoms with Crippen molar-refractivity contribution in [1.82, 2.24) is 23.1 Å². The minimum absolute atomic E-state index is 0.0331. The number of aliphatic hydroxyl groups is 1. The molecule has 8 heteroatoms. The van der Waals surface area contributed by atoms with Crippen LogP contribution in [0.25, 0.3) is 16.9 Å². The molecule has 8 nitrogen and oxygen atoms in total. The van der Waals surface area contributed by atoms with Crippen molar-refractivity contribution in [2.24, 2.45) is 7.05 Å². The van der Waals surface area contributed by atoms with E-state index in [2.05, 4.69) is 4.98 Å². The number of aromatic nitrogens is 5. The molecule has 1 aromatic carbocycles. The first-order valence-corrected chi connectivity index (χ1v) is 8.85. The summed E-state index contributed by atoms with van der Waals surface area (Å²) in [5.74, 6) is 0.546. The molecular formula is C19H21N5O3. The maximum Gasteiger partial charge on any atom is 0.332 e. The van der Waals surface area contributed by atoms with E-state index in [1.165, 1.54) is 9.13 Å². The third kappa shape index (κ3) is 2.69. The summed E-state index contributed by atoms with van der Waals surface area (Å²) in [4.78, 5) is 30.3. The second-order valence-electron chi connectivity index (χ2n) is 6.63. The molecule has 0 radical (unpaired) electrons. The van der Waals surface area contributed by atoms with Crippen LogP contribution in [0.15, 0.2) is 46.1 Å². The van der Waals surface area contributed by atoms with Gasteiger partial charge in [0, 0.05) is 32.0 Å². The zero-order valence-corrected chi connectivity index (χ0v) is 15.3. The van der Waals surface area contributed by atoms with E-state index in [0.29, 0.717) is 36.5 Å². The number of imidazole rings is 2. The van der Waals surface area contributed by atoms with Crippen molar-refractivity contribution < 1.29 is 5.11 Å². The van der Waals surface area contributed by atoms with Crippen LogP contribution in [0.2, 0.25) is 0 Å². The number of aryl methyl sites for hydroxylation is 3. The minimum Gasteiger partial charge on any atom is -0.395 e. The molecule has 0 saturated heterocycles. The standard InChI is InChI=1S/C19H21N5O3/c1-13-12-24-15-16(20-18(24)22(13)10-11-25)21(2)19(27)23(17(15)26)9-8-14-6-4-3-5-7-14/h3-7,12,25H,8-11H2,1-2H3. The molecule has 0 bridgehead atoms. The number of nitrogens with zero attached hydrogens (tertiary/aromatic N) is 5. The number of fused-ring (bicyclic) bond motifs is 3. The highest BCUT2D eigenvalue weighted by Gasteiger charge is 2.19. The van der Waals surface area contributed by atoms with Crippen LogP contribution < -0.4 is 11.2 Å². The third-order valence-corrected chi connectivity index (χ3v) is 4.93. The quantitative estimate of drug-likeness (QED) is 0.562. The average Bonchev–Trinajstić information content (AvgIpc) is 3.17. The molecule has 0 amide bonds. The van der Waals surface area contributed by atoms with Gasteiger partial charge >= 0.3 is 5.69 Å². The number of aliphatic hydroxyl groups excluding tert-OH is 1. The molecule has 0 unspecified atom stereocenters. The first-order valence-electron chi connectivity index (χ1n) is 8.85. The first-order chi connectivity index (χ1) is 13.0. The van der Waals surface area contributed by atoms with Gasteiger partial charge in [-0.15, -0.1) is 0 Å².